The van der Waals surface area contributed by atoms with E-state index in [9.17, 15) is 83.1 Å². The highest BCUT2D eigenvalue weighted by Crippen LogP contribution is 2.40. The van der Waals surface area contributed by atoms with Gasteiger partial charge in [-0.3, -0.25) is 62.7 Å². The summed E-state index contributed by atoms with van der Waals surface area (Å²) in [7, 11) is 0. The van der Waals surface area contributed by atoms with Gasteiger partial charge in [0.25, 0.3) is 0 Å². The predicted molar refractivity (Wildman–Crippen MR) is 349 cm³/mol. The number of carboxylic acid groups (broad SMARTS) is 1. The van der Waals surface area contributed by atoms with Gasteiger partial charge in [-0.05, 0) is 130 Å². The third kappa shape index (κ3) is 31.1. The Morgan fingerprint density at radius 3 is 1.29 bits per heavy atom. The van der Waals surface area contributed by atoms with Crippen molar-refractivity contribution in [2.75, 3.05) is 32.8 Å². The van der Waals surface area contributed by atoms with Gasteiger partial charge >= 0.3 is 5.97 Å². The van der Waals surface area contributed by atoms with Crippen molar-refractivity contribution < 1.29 is 83.1 Å². The molecule has 1 aromatic carbocycles. The van der Waals surface area contributed by atoms with Crippen molar-refractivity contribution in [2.45, 2.75) is 215 Å². The number of amides is 11. The second kappa shape index (κ2) is 43.2. The van der Waals surface area contributed by atoms with Gasteiger partial charge in [0.2, 0.25) is 65.0 Å². The van der Waals surface area contributed by atoms with Crippen LogP contribution in [0.2, 0.25) is 0 Å². The summed E-state index contributed by atoms with van der Waals surface area (Å²) in [6, 6.07) is -7.36. The predicted octanol–water partition coefficient (Wildman–Crippen LogP) is -8.76. The van der Waals surface area contributed by atoms with Crippen molar-refractivity contribution in [1.29, 1.82) is 0 Å². The molecule has 2 rings (SSSR count). The van der Waals surface area contributed by atoms with Crippen molar-refractivity contribution in [3.05, 3.63) is 35.9 Å². The molecular formula is C59H102N20O17. The second-order valence-corrected chi connectivity index (χ2v) is 23.6. The minimum atomic E-state index is -1.90. The van der Waals surface area contributed by atoms with Gasteiger partial charge in [0.15, 0.2) is 18.0 Å². The summed E-state index contributed by atoms with van der Waals surface area (Å²) < 4.78 is 0. The topological polar surface area (TPSA) is 645 Å². The molecule has 0 heterocycles. The molecule has 0 saturated heterocycles. The molecule has 1 aromatic rings. The van der Waals surface area contributed by atoms with Gasteiger partial charge in [-0.25, -0.2) is 4.79 Å². The van der Waals surface area contributed by atoms with Crippen LogP contribution in [0.1, 0.15) is 130 Å². The van der Waals surface area contributed by atoms with Crippen LogP contribution in [-0.4, -0.2) is 232 Å². The molecule has 0 unspecified atom stereocenters. The fourth-order valence-corrected chi connectivity index (χ4v) is 9.58. The number of benzene rings is 1. The summed E-state index contributed by atoms with van der Waals surface area (Å²) in [5.74, 6) is -13.1. The first-order chi connectivity index (χ1) is 45.2. The number of hydrogen-bond donors (Lipinski definition) is 23. The fraction of sp³-hybridized carbons (Fsp3) is 0.661. The van der Waals surface area contributed by atoms with Gasteiger partial charge in [0.1, 0.15) is 54.4 Å². The number of primary amides is 1. The molecule has 1 saturated carbocycles. The van der Waals surface area contributed by atoms with E-state index >= 15 is 0 Å². The molecule has 16 atom stereocenters. The number of carbonyl (C=O) groups excluding carboxylic acids is 11. The number of aliphatic hydroxyl groups excluding tert-OH is 4. The van der Waals surface area contributed by atoms with E-state index in [4.69, 9.17) is 40.1 Å². The minimum absolute atomic E-state index is 0.0368. The van der Waals surface area contributed by atoms with Gasteiger partial charge in [-0.1, -0.05) is 30.3 Å². The van der Waals surface area contributed by atoms with Crippen LogP contribution >= 0.6 is 0 Å². The summed E-state index contributed by atoms with van der Waals surface area (Å²) >= 11 is 0. The summed E-state index contributed by atoms with van der Waals surface area (Å²) in [4.78, 5) is 170. The molecular weight excluding hydrogens is 1260 g/mol. The second-order valence-electron chi connectivity index (χ2n) is 23.6. The van der Waals surface area contributed by atoms with Gasteiger partial charge in [-0.15, -0.1) is 0 Å². The summed E-state index contributed by atoms with van der Waals surface area (Å²) in [6.45, 7) is 5.54. The Balaban J connectivity index is 2.44. The molecule has 37 nitrogen and oxygen atoms in total. The van der Waals surface area contributed by atoms with E-state index in [0.717, 1.165) is 20.3 Å². The average Bonchev–Trinajstić information content (AvgIpc) is 1.65. The highest BCUT2D eigenvalue weighted by atomic mass is 16.4. The third-order valence-corrected chi connectivity index (χ3v) is 15.2. The molecule has 11 amide bonds. The van der Waals surface area contributed by atoms with Gasteiger partial charge in [-0.2, -0.15) is 0 Å². The SMILES string of the molecule is C[C@H](N)C(=O)N[C@@H](CCCN=C(N)N)C(=O)N[C@H](C(=O)N[C@@H](CCCCN[C@@H]1C[C@H]1c1ccccc1)C(=O)N[C@@H](CCC(N)=O)C(=O)N[C@H](C(=O)N[C@@H](C)C(=O)N[C@@H](CCCN=C(N)N)C(=O)N[C@@H](CCCCN)C(=O)N[C@@H](CO)C(=O)N[C@H](C(=O)O)[C@@H](C)O)[C@@H](C)O)[C@@H](C)O. The number of aliphatic carboxylic acids is 1. The van der Waals surface area contributed by atoms with Crippen molar-refractivity contribution in [3.63, 3.8) is 0 Å². The van der Waals surface area contributed by atoms with Gasteiger partial charge in [0.05, 0.1) is 31.0 Å². The van der Waals surface area contributed by atoms with E-state index in [2.05, 4.69) is 63.2 Å². The Morgan fingerprint density at radius 1 is 0.479 bits per heavy atom. The van der Waals surface area contributed by atoms with E-state index in [-0.39, 0.29) is 89.0 Å². The molecule has 0 bridgehead atoms. The number of nitrogens with zero attached hydrogens (tertiary/aromatic N) is 2. The molecule has 30 N–H and O–H groups in total. The first kappa shape index (κ1) is 83.2. The van der Waals surface area contributed by atoms with Crippen LogP contribution in [0.25, 0.3) is 0 Å². The Bertz CT molecular complexity index is 2790. The monoisotopic (exact) mass is 1360 g/mol. The van der Waals surface area contributed by atoms with E-state index in [1.807, 2.05) is 35.6 Å². The largest absolute Gasteiger partial charge is 0.480 e. The van der Waals surface area contributed by atoms with Crippen molar-refractivity contribution in [1.82, 2.24) is 58.5 Å². The quantitative estimate of drug-likeness (QED) is 0.0164. The first-order valence-corrected chi connectivity index (χ1v) is 31.8. The normalized spacial score (nSPS) is 17.6. The van der Waals surface area contributed by atoms with Crippen molar-refractivity contribution >= 4 is 82.9 Å². The lowest BCUT2D eigenvalue weighted by atomic mass is 10.0. The van der Waals surface area contributed by atoms with Crippen LogP contribution in [0.3, 0.4) is 0 Å². The van der Waals surface area contributed by atoms with Crippen LogP contribution in [-0.2, 0) is 57.5 Å². The maximum atomic E-state index is 14.5. The van der Waals surface area contributed by atoms with Crippen LogP contribution in [0.5, 0.6) is 0 Å². The molecule has 0 radical (unpaired) electrons. The maximum absolute atomic E-state index is 14.5. The van der Waals surface area contributed by atoms with E-state index in [1.165, 1.54) is 26.3 Å². The molecule has 0 aromatic heterocycles. The molecule has 1 aliphatic carbocycles. The standard InChI is InChI=1S/C59H102N20O17/c1-29(61)47(85)71-39(20-14-26-69-59(65)66)52(90)78-45(32(4)82)56(94)75-37(18-10-12-24-67-41-27-35(41)34-15-7-6-8-16-34)49(87)74-40(21-22-43(62)84)53(91)77-44(31(3)81)55(93)70-30(2)48(86)72-38(19-13-25-68-58(63)64)50(88)73-36(17-9-11-23-60)51(89)76-42(28-80)54(92)79-46(33(5)83)57(95)96/h6-8,15-16,29-33,35-42,44-46,67,80-83H,9-14,17-28,60-61H2,1-5H3,(H2,62,84)(H,70,93)(H,71,85)(H,72,86)(H,73,88)(H,74,87)(H,75,94)(H,76,89)(H,77,91)(H,78,90)(H,79,92)(H,95,96)(H4,63,64,68)(H4,65,66,69)/t29-,30-,31+,32+,33+,35-,36-,37-,38-,39-,40-,41+,42-,44-,45-,46-/m0/s1. The lowest BCUT2D eigenvalue weighted by Crippen LogP contribution is -2.62. The Hall–Kier alpha value is -8.88. The van der Waals surface area contributed by atoms with Crippen LogP contribution in [0, 0.1) is 0 Å². The molecule has 540 valence electrons. The summed E-state index contributed by atoms with van der Waals surface area (Å²) in [5, 5.41) is 78.4. The van der Waals surface area contributed by atoms with Crippen LogP contribution in [0.4, 0.5) is 0 Å². The minimum Gasteiger partial charge on any atom is -0.480 e. The van der Waals surface area contributed by atoms with Crippen LogP contribution in [0.15, 0.2) is 40.3 Å². The summed E-state index contributed by atoms with van der Waals surface area (Å²) in [5.41, 5.74) is 39.9. The number of carbonyl (C=O) groups is 12. The van der Waals surface area contributed by atoms with Crippen LogP contribution < -0.4 is 98.6 Å². The smallest absolute Gasteiger partial charge is 0.328 e. The number of aliphatic imine (C=N–C) groups is 2. The lowest BCUT2D eigenvalue weighted by molar-refractivity contribution is -0.145. The zero-order valence-corrected chi connectivity index (χ0v) is 54.9. The Labute approximate surface area is 556 Å². The Kier molecular flexibility index (Phi) is 37.5. The third-order valence-electron chi connectivity index (χ3n) is 15.2. The number of nitrogens with one attached hydrogen (secondary N) is 11. The highest BCUT2D eigenvalue weighted by Gasteiger charge is 2.39. The molecule has 1 fully saturated rings. The van der Waals surface area contributed by atoms with E-state index < -0.39 is 175 Å². The number of nitrogens with two attached hydrogens (primary N) is 7. The maximum Gasteiger partial charge on any atom is 0.328 e. The first-order valence-electron chi connectivity index (χ1n) is 31.8. The number of unbranched alkanes of at least 4 members (excludes halogenated alkanes) is 2. The number of hydrogen-bond acceptors (Lipinski definition) is 21. The fourth-order valence-electron chi connectivity index (χ4n) is 9.58. The van der Waals surface area contributed by atoms with E-state index in [0.29, 0.717) is 25.3 Å². The zero-order valence-electron chi connectivity index (χ0n) is 54.9. The zero-order chi connectivity index (χ0) is 72.4. The molecule has 37 heteroatoms. The molecule has 0 aliphatic heterocycles. The highest BCUT2D eigenvalue weighted by molar-refractivity contribution is 5.99. The number of rotatable bonds is 47. The van der Waals surface area contributed by atoms with Crippen molar-refractivity contribution in [3.8, 4) is 0 Å². The van der Waals surface area contributed by atoms with Gasteiger partial charge < -0.3 is 124 Å². The van der Waals surface area contributed by atoms with Crippen molar-refractivity contribution in [2.24, 2.45) is 50.1 Å². The summed E-state index contributed by atoms with van der Waals surface area (Å²) in [6.07, 6.45) is -4.03. The number of carboxylic acids is 1. The molecule has 1 aliphatic rings. The molecule has 96 heavy (non-hydrogen) atoms. The van der Waals surface area contributed by atoms with Gasteiger partial charge in [0, 0.05) is 31.5 Å². The molecule has 0 spiro atoms. The average molecular weight is 1360 g/mol. The number of aliphatic hydroxyl groups is 4. The Morgan fingerprint density at radius 2 is 0.865 bits per heavy atom. The lowest BCUT2D eigenvalue weighted by Gasteiger charge is -2.29. The van der Waals surface area contributed by atoms with E-state index in [1.54, 1.807) is 0 Å². The number of guanidine groups is 2.